The number of para-hydroxylation sites is 1. The summed E-state index contributed by atoms with van der Waals surface area (Å²) in [6.45, 7) is 3.33. The molecular weight excluding hydrogens is 386 g/mol. The topological polar surface area (TPSA) is 47.6 Å². The number of hydrogen-bond donors (Lipinski definition) is 1. The molecule has 2 aromatic rings. The summed E-state index contributed by atoms with van der Waals surface area (Å²) in [6, 6.07) is 16.0. The fraction of sp³-hybridized carbons (Fsp3) is 0.519. The van der Waals surface area contributed by atoms with Gasteiger partial charge in [0.25, 0.3) is 0 Å². The third kappa shape index (κ3) is 9.91. The van der Waals surface area contributed by atoms with Gasteiger partial charge in [-0.05, 0) is 30.0 Å². The second-order valence-electron chi connectivity index (χ2n) is 8.05. The first kappa shape index (κ1) is 24.8. The van der Waals surface area contributed by atoms with Crippen LogP contribution in [0.4, 0.5) is 0 Å². The Hall–Kier alpha value is -2.49. The second kappa shape index (κ2) is 15.3. The van der Waals surface area contributed by atoms with Crippen molar-refractivity contribution in [2.75, 3.05) is 13.7 Å². The molecule has 1 N–H and O–H groups in total. The molecule has 0 bridgehead atoms. The molecule has 0 radical (unpaired) electrons. The Morgan fingerprint density at radius 1 is 0.871 bits per heavy atom. The van der Waals surface area contributed by atoms with Crippen molar-refractivity contribution in [2.45, 2.75) is 77.7 Å². The van der Waals surface area contributed by atoms with Crippen LogP contribution in [0.3, 0.4) is 0 Å². The first-order valence-electron chi connectivity index (χ1n) is 11.8. The van der Waals surface area contributed by atoms with Gasteiger partial charge in [0.2, 0.25) is 5.91 Å². The lowest BCUT2D eigenvalue weighted by Crippen LogP contribution is -2.25. The lowest BCUT2D eigenvalue weighted by atomic mass is 10.1. The molecule has 170 valence electrons. The predicted molar refractivity (Wildman–Crippen MR) is 128 cm³/mol. The Labute approximate surface area is 188 Å². The molecule has 0 aliphatic rings. The van der Waals surface area contributed by atoms with Crippen LogP contribution in [0.15, 0.2) is 48.5 Å². The van der Waals surface area contributed by atoms with Crippen LogP contribution in [0.5, 0.6) is 11.5 Å². The molecule has 2 aromatic carbocycles. The average molecular weight is 426 g/mol. The van der Waals surface area contributed by atoms with E-state index < -0.39 is 0 Å². The quantitative estimate of drug-likeness (QED) is 0.314. The first-order valence-corrected chi connectivity index (χ1v) is 11.8. The van der Waals surface area contributed by atoms with E-state index in [2.05, 4.69) is 12.2 Å². The van der Waals surface area contributed by atoms with Crippen molar-refractivity contribution in [1.82, 2.24) is 5.32 Å². The molecule has 31 heavy (non-hydrogen) atoms. The van der Waals surface area contributed by atoms with Gasteiger partial charge in [-0.1, -0.05) is 94.3 Å². The number of amides is 1. The highest BCUT2D eigenvalue weighted by molar-refractivity contribution is 5.75. The number of carbonyl (C=O) groups excluding carboxylic acids is 1. The van der Waals surface area contributed by atoms with E-state index in [1.165, 1.54) is 38.5 Å². The highest BCUT2D eigenvalue weighted by Gasteiger charge is 2.11. The number of unbranched alkanes of at least 4 members (excludes halogenated alkanes) is 7. The zero-order valence-corrected chi connectivity index (χ0v) is 19.3. The molecule has 0 unspecified atom stereocenters. The van der Waals surface area contributed by atoms with Crippen LogP contribution in [0, 0.1) is 0 Å². The van der Waals surface area contributed by atoms with Gasteiger partial charge in [-0.2, -0.15) is 0 Å². The minimum atomic E-state index is 0.139. The highest BCUT2D eigenvalue weighted by atomic mass is 16.5. The molecule has 2 rings (SSSR count). The largest absolute Gasteiger partial charge is 0.493 e. The van der Waals surface area contributed by atoms with Crippen LogP contribution < -0.4 is 14.8 Å². The van der Waals surface area contributed by atoms with E-state index in [4.69, 9.17) is 9.47 Å². The van der Waals surface area contributed by atoms with E-state index in [1.807, 2.05) is 48.5 Å². The molecule has 0 aromatic heterocycles. The van der Waals surface area contributed by atoms with Gasteiger partial charge in [0, 0.05) is 13.0 Å². The number of rotatable bonds is 16. The maximum absolute atomic E-state index is 12.2. The summed E-state index contributed by atoms with van der Waals surface area (Å²) in [5, 5.41) is 3.05. The molecular formula is C27H39NO3. The molecule has 4 heteroatoms. The summed E-state index contributed by atoms with van der Waals surface area (Å²) in [5.41, 5.74) is 2.15. The van der Waals surface area contributed by atoms with Crippen LogP contribution in [0.1, 0.15) is 75.8 Å². The molecule has 0 saturated carbocycles. The summed E-state index contributed by atoms with van der Waals surface area (Å²) in [4.78, 5) is 12.2. The molecule has 0 aliphatic heterocycles. The summed E-state index contributed by atoms with van der Waals surface area (Å²) >= 11 is 0. The monoisotopic (exact) mass is 425 g/mol. The number of methoxy groups -OCH3 is 1. The van der Waals surface area contributed by atoms with Crippen LogP contribution >= 0.6 is 0 Å². The summed E-state index contributed by atoms with van der Waals surface area (Å²) < 4.78 is 11.6. The van der Waals surface area contributed by atoms with Gasteiger partial charge in [-0.25, -0.2) is 0 Å². The van der Waals surface area contributed by atoms with Gasteiger partial charge in [-0.3, -0.25) is 4.79 Å². The van der Waals surface area contributed by atoms with Crippen molar-refractivity contribution in [3.8, 4) is 11.5 Å². The third-order valence-electron chi connectivity index (χ3n) is 5.48. The molecule has 0 heterocycles. The Morgan fingerprint density at radius 2 is 1.58 bits per heavy atom. The van der Waals surface area contributed by atoms with Crippen molar-refractivity contribution in [2.24, 2.45) is 0 Å². The molecule has 0 fully saturated rings. The number of hydrogen-bond acceptors (Lipinski definition) is 3. The average Bonchev–Trinajstić information content (AvgIpc) is 2.80. The molecule has 0 atom stereocenters. The molecule has 0 aliphatic carbocycles. The molecule has 0 spiro atoms. The lowest BCUT2D eigenvalue weighted by molar-refractivity contribution is -0.121. The smallest absolute Gasteiger partial charge is 0.220 e. The van der Waals surface area contributed by atoms with Gasteiger partial charge in [0.15, 0.2) is 11.5 Å². The number of carbonyl (C=O) groups is 1. The van der Waals surface area contributed by atoms with Crippen molar-refractivity contribution >= 4 is 5.91 Å². The third-order valence-corrected chi connectivity index (χ3v) is 5.48. The Kier molecular flexibility index (Phi) is 12.3. The van der Waals surface area contributed by atoms with E-state index in [0.29, 0.717) is 26.0 Å². The minimum Gasteiger partial charge on any atom is -0.493 e. The standard InChI is InChI=1S/C27H39NO3/c1-3-4-5-6-7-8-9-13-19-26(29)28-21-20-24-17-14-18-25(30-2)27(24)31-22-23-15-11-10-12-16-23/h10-12,14-18H,3-9,13,19-22H2,1-2H3,(H,28,29). The lowest BCUT2D eigenvalue weighted by Gasteiger charge is -2.15. The summed E-state index contributed by atoms with van der Waals surface area (Å²) in [7, 11) is 1.65. The Bertz CT molecular complexity index is 745. The molecule has 0 saturated heterocycles. The Morgan fingerprint density at radius 3 is 2.29 bits per heavy atom. The highest BCUT2D eigenvalue weighted by Crippen LogP contribution is 2.32. The van der Waals surface area contributed by atoms with Gasteiger partial charge in [0.1, 0.15) is 6.61 Å². The fourth-order valence-corrected chi connectivity index (χ4v) is 3.66. The maximum atomic E-state index is 12.2. The fourth-order valence-electron chi connectivity index (χ4n) is 3.66. The van der Waals surface area contributed by atoms with Crippen LogP contribution in [-0.4, -0.2) is 19.6 Å². The number of nitrogens with one attached hydrogen (secondary N) is 1. The van der Waals surface area contributed by atoms with Crippen molar-refractivity contribution in [3.05, 3.63) is 59.7 Å². The van der Waals surface area contributed by atoms with E-state index in [9.17, 15) is 4.79 Å². The van der Waals surface area contributed by atoms with Gasteiger partial charge >= 0.3 is 0 Å². The number of ether oxygens (including phenoxy) is 2. The molecule has 1 amide bonds. The Balaban J connectivity index is 1.71. The SMILES string of the molecule is CCCCCCCCCCC(=O)NCCc1cccc(OC)c1OCc1ccccc1. The van der Waals surface area contributed by atoms with E-state index in [0.717, 1.165) is 35.5 Å². The second-order valence-corrected chi connectivity index (χ2v) is 8.05. The summed E-state index contributed by atoms with van der Waals surface area (Å²) in [6.07, 6.45) is 11.3. The van der Waals surface area contributed by atoms with Gasteiger partial charge < -0.3 is 14.8 Å². The maximum Gasteiger partial charge on any atom is 0.220 e. The normalized spacial score (nSPS) is 10.6. The van der Waals surface area contributed by atoms with Crippen molar-refractivity contribution in [1.29, 1.82) is 0 Å². The van der Waals surface area contributed by atoms with Crippen LogP contribution in [0.25, 0.3) is 0 Å². The van der Waals surface area contributed by atoms with Gasteiger partial charge in [0.05, 0.1) is 7.11 Å². The molecule has 4 nitrogen and oxygen atoms in total. The minimum absolute atomic E-state index is 0.139. The van der Waals surface area contributed by atoms with E-state index >= 15 is 0 Å². The van der Waals surface area contributed by atoms with E-state index in [-0.39, 0.29) is 5.91 Å². The van der Waals surface area contributed by atoms with Crippen LogP contribution in [0.2, 0.25) is 0 Å². The van der Waals surface area contributed by atoms with Crippen LogP contribution in [-0.2, 0) is 17.8 Å². The summed E-state index contributed by atoms with van der Waals surface area (Å²) in [5.74, 6) is 1.62. The zero-order chi connectivity index (χ0) is 22.2. The van der Waals surface area contributed by atoms with E-state index in [1.54, 1.807) is 7.11 Å². The number of benzene rings is 2. The van der Waals surface area contributed by atoms with Gasteiger partial charge in [-0.15, -0.1) is 0 Å². The zero-order valence-electron chi connectivity index (χ0n) is 19.3. The first-order chi connectivity index (χ1) is 15.2. The predicted octanol–water partition coefficient (Wildman–Crippen LogP) is 6.46. The van der Waals surface area contributed by atoms with Crippen molar-refractivity contribution < 1.29 is 14.3 Å². The van der Waals surface area contributed by atoms with Crippen molar-refractivity contribution in [3.63, 3.8) is 0 Å².